The average molecular weight is 574 g/mol. The number of nitrogens with zero attached hydrogens (tertiary/aromatic N) is 9. The van der Waals surface area contributed by atoms with Gasteiger partial charge in [0, 0.05) is 27.8 Å². The van der Waals surface area contributed by atoms with Crippen LogP contribution >= 0.6 is 0 Å². The number of benzene rings is 4. The zero-order valence-electron chi connectivity index (χ0n) is 24.7. The molecule has 0 aliphatic rings. The van der Waals surface area contributed by atoms with Gasteiger partial charge in [-0.2, -0.15) is 0 Å². The number of aryl methyl sites for hydroxylation is 4. The van der Waals surface area contributed by atoms with Gasteiger partial charge in [0.15, 0.2) is 29.1 Å². The Labute approximate surface area is 254 Å². The van der Waals surface area contributed by atoms with E-state index < -0.39 is 0 Å². The second-order valence-corrected chi connectivity index (χ2v) is 10.5. The summed E-state index contributed by atoms with van der Waals surface area (Å²) in [7, 11) is 0. The molecular formula is C35H27N9. The molecule has 7 aromatic rings. The van der Waals surface area contributed by atoms with Crippen LogP contribution in [0.1, 0.15) is 23.3 Å². The molecule has 7 rings (SSSR count). The number of aromatic nitrogens is 9. The van der Waals surface area contributed by atoms with E-state index in [1.54, 1.807) is 0 Å². The van der Waals surface area contributed by atoms with Gasteiger partial charge < -0.3 is 0 Å². The number of hydrogen-bond donors (Lipinski definition) is 0. The van der Waals surface area contributed by atoms with E-state index in [4.69, 9.17) is 19.9 Å². The van der Waals surface area contributed by atoms with Crippen molar-refractivity contribution >= 4 is 10.8 Å². The predicted molar refractivity (Wildman–Crippen MR) is 170 cm³/mol. The maximum Gasteiger partial charge on any atom is 0.164 e. The van der Waals surface area contributed by atoms with Crippen molar-refractivity contribution in [3.05, 3.63) is 114 Å². The van der Waals surface area contributed by atoms with Gasteiger partial charge in [-0.1, -0.05) is 78.9 Å². The Kier molecular flexibility index (Phi) is 6.82. The van der Waals surface area contributed by atoms with Crippen molar-refractivity contribution in [1.29, 1.82) is 0 Å². The molecule has 0 bridgehead atoms. The van der Waals surface area contributed by atoms with Crippen molar-refractivity contribution in [2.45, 2.75) is 27.7 Å². The highest BCUT2D eigenvalue weighted by atomic mass is 15.0. The zero-order valence-corrected chi connectivity index (χ0v) is 24.7. The third kappa shape index (κ3) is 5.38. The van der Waals surface area contributed by atoms with Crippen molar-refractivity contribution in [2.24, 2.45) is 0 Å². The quantitative estimate of drug-likeness (QED) is 0.215. The molecule has 0 unspecified atom stereocenters. The fourth-order valence-corrected chi connectivity index (χ4v) is 5.20. The lowest BCUT2D eigenvalue weighted by atomic mass is 9.99. The van der Waals surface area contributed by atoms with E-state index in [1.165, 1.54) is 0 Å². The average Bonchev–Trinajstić information content (AvgIpc) is 3.03. The van der Waals surface area contributed by atoms with Crippen LogP contribution in [0.4, 0.5) is 0 Å². The Morgan fingerprint density at radius 2 is 0.773 bits per heavy atom. The smallest absolute Gasteiger partial charge is 0.164 e. The molecule has 212 valence electrons. The predicted octanol–water partition coefficient (Wildman–Crippen LogP) is 6.96. The summed E-state index contributed by atoms with van der Waals surface area (Å²) in [6.07, 6.45) is 0. The second kappa shape index (κ2) is 11.1. The van der Waals surface area contributed by atoms with Crippen LogP contribution in [0.15, 0.2) is 91.0 Å². The van der Waals surface area contributed by atoms with Crippen LogP contribution in [0.25, 0.3) is 67.7 Å². The van der Waals surface area contributed by atoms with Gasteiger partial charge in [0.25, 0.3) is 0 Å². The van der Waals surface area contributed by atoms with Crippen molar-refractivity contribution in [3.63, 3.8) is 0 Å². The zero-order chi connectivity index (χ0) is 30.2. The van der Waals surface area contributed by atoms with Crippen LogP contribution in [0, 0.1) is 27.7 Å². The number of fused-ring (bicyclic) bond motifs is 1. The number of rotatable bonds is 5. The summed E-state index contributed by atoms with van der Waals surface area (Å²) in [6.45, 7) is 7.50. The molecule has 3 aromatic heterocycles. The Morgan fingerprint density at radius 1 is 0.341 bits per heavy atom. The maximum absolute atomic E-state index is 4.96. The van der Waals surface area contributed by atoms with Gasteiger partial charge in [0.1, 0.15) is 23.3 Å². The van der Waals surface area contributed by atoms with Crippen LogP contribution < -0.4 is 0 Å². The minimum atomic E-state index is 0.576. The van der Waals surface area contributed by atoms with E-state index in [0.717, 1.165) is 38.6 Å². The first-order chi connectivity index (χ1) is 21.4. The number of hydrogen-bond acceptors (Lipinski definition) is 9. The van der Waals surface area contributed by atoms with Gasteiger partial charge in [0.2, 0.25) is 0 Å². The Hall–Kier alpha value is -5.83. The minimum absolute atomic E-state index is 0.576. The van der Waals surface area contributed by atoms with E-state index >= 15 is 0 Å². The molecule has 9 nitrogen and oxygen atoms in total. The molecule has 0 amide bonds. The highest BCUT2D eigenvalue weighted by Gasteiger charge is 2.16. The third-order valence-corrected chi connectivity index (χ3v) is 7.15. The largest absolute Gasteiger partial charge is 0.219 e. The van der Waals surface area contributed by atoms with Crippen molar-refractivity contribution < 1.29 is 0 Å². The Balaban J connectivity index is 1.33. The molecular weight excluding hydrogens is 546 g/mol. The SMILES string of the molecule is Cc1nc(C)nc(-c2ccc(-c3nc(C)nc(-c4cc(-c5nc(C)nc(-c6ccccc6)n5)cc5ccccc45)n3)cc2)n1. The first kappa shape index (κ1) is 27.0. The molecule has 0 aliphatic heterocycles. The third-order valence-electron chi connectivity index (χ3n) is 7.15. The van der Waals surface area contributed by atoms with Gasteiger partial charge in [-0.15, -0.1) is 0 Å². The Morgan fingerprint density at radius 3 is 1.39 bits per heavy atom. The lowest BCUT2D eigenvalue weighted by molar-refractivity contribution is 0.928. The van der Waals surface area contributed by atoms with E-state index in [0.29, 0.717) is 52.4 Å². The molecule has 0 saturated heterocycles. The van der Waals surface area contributed by atoms with Crippen molar-refractivity contribution in [3.8, 4) is 56.9 Å². The van der Waals surface area contributed by atoms with Gasteiger partial charge in [0.05, 0.1) is 0 Å². The summed E-state index contributed by atoms with van der Waals surface area (Å²) in [5.74, 6) is 5.66. The summed E-state index contributed by atoms with van der Waals surface area (Å²) in [4.78, 5) is 41.8. The topological polar surface area (TPSA) is 116 Å². The highest BCUT2D eigenvalue weighted by Crippen LogP contribution is 2.33. The minimum Gasteiger partial charge on any atom is -0.219 e. The summed E-state index contributed by atoms with van der Waals surface area (Å²) in [6, 6.07) is 30.2. The second-order valence-electron chi connectivity index (χ2n) is 10.5. The van der Waals surface area contributed by atoms with Gasteiger partial charge in [-0.3, -0.25) is 0 Å². The van der Waals surface area contributed by atoms with Crippen molar-refractivity contribution in [1.82, 2.24) is 44.9 Å². The fourth-order valence-electron chi connectivity index (χ4n) is 5.20. The van der Waals surface area contributed by atoms with Gasteiger partial charge >= 0.3 is 0 Å². The maximum atomic E-state index is 4.96. The lowest BCUT2D eigenvalue weighted by Gasteiger charge is -2.12. The molecule has 0 atom stereocenters. The molecule has 44 heavy (non-hydrogen) atoms. The standard InChI is InChI=1S/C35H27N9/c1-20-36-21(2)38-31(37-20)25-14-16-26(17-15-25)33-40-23(4)42-35(44-33)30-19-28(18-27-12-8-9-13-29(27)30)34-41-22(3)39-32(43-34)24-10-6-5-7-11-24/h5-19H,1-4H3. The van der Waals surface area contributed by atoms with E-state index in [1.807, 2.05) is 94.4 Å². The van der Waals surface area contributed by atoms with Crippen molar-refractivity contribution in [2.75, 3.05) is 0 Å². The molecule has 3 heterocycles. The first-order valence-corrected chi connectivity index (χ1v) is 14.2. The summed E-state index contributed by atoms with van der Waals surface area (Å²) in [5, 5.41) is 2.06. The summed E-state index contributed by atoms with van der Waals surface area (Å²) in [5.41, 5.74) is 4.42. The lowest BCUT2D eigenvalue weighted by Crippen LogP contribution is -2.02. The summed E-state index contributed by atoms with van der Waals surface area (Å²) >= 11 is 0. The van der Waals surface area contributed by atoms with Gasteiger partial charge in [-0.25, -0.2) is 44.9 Å². The van der Waals surface area contributed by atoms with Crippen LogP contribution in [0.2, 0.25) is 0 Å². The highest BCUT2D eigenvalue weighted by molar-refractivity contribution is 5.98. The Bertz CT molecular complexity index is 2140. The molecule has 0 spiro atoms. The molecule has 0 radical (unpaired) electrons. The normalized spacial score (nSPS) is 11.2. The molecule has 9 heteroatoms. The van der Waals surface area contributed by atoms with E-state index in [2.05, 4.69) is 49.2 Å². The molecule has 0 N–H and O–H groups in total. The van der Waals surface area contributed by atoms with Crippen LogP contribution in [0.3, 0.4) is 0 Å². The van der Waals surface area contributed by atoms with Crippen LogP contribution in [-0.2, 0) is 0 Å². The van der Waals surface area contributed by atoms with E-state index in [9.17, 15) is 0 Å². The van der Waals surface area contributed by atoms with Crippen LogP contribution in [-0.4, -0.2) is 44.9 Å². The summed E-state index contributed by atoms with van der Waals surface area (Å²) < 4.78 is 0. The first-order valence-electron chi connectivity index (χ1n) is 14.2. The van der Waals surface area contributed by atoms with Crippen LogP contribution in [0.5, 0.6) is 0 Å². The molecule has 0 fully saturated rings. The molecule has 4 aromatic carbocycles. The fraction of sp³-hybridized carbons (Fsp3) is 0.114. The monoisotopic (exact) mass is 573 g/mol. The van der Waals surface area contributed by atoms with Gasteiger partial charge in [-0.05, 0) is 50.6 Å². The molecule has 0 saturated carbocycles. The van der Waals surface area contributed by atoms with E-state index in [-0.39, 0.29) is 0 Å². The molecule has 0 aliphatic carbocycles.